The molecule has 3 aromatic rings. The standard InChI is InChI=1S/C23H25NOS/c1-3-4-8-17-13-16-9-5-6-11-19(16)21-22(17)24-15(2)20(23(21)25)18-10-7-12-26-14-18/h5-6,9,11,13-14H,3-4,7-8,10,12H2,1-2H3,(H,24,25). The van der Waals surface area contributed by atoms with E-state index >= 15 is 0 Å². The first-order chi connectivity index (χ1) is 12.7. The first-order valence-electron chi connectivity index (χ1n) is 9.59. The molecule has 0 spiro atoms. The molecule has 2 nitrogen and oxygen atoms in total. The van der Waals surface area contributed by atoms with Crippen molar-refractivity contribution in [1.29, 1.82) is 0 Å². The SMILES string of the molecule is CCCCc1cc2ccccc2c2c(=O)c(C3=CSCCC3)c(C)[nH]c12. The summed E-state index contributed by atoms with van der Waals surface area (Å²) in [7, 11) is 0. The summed E-state index contributed by atoms with van der Waals surface area (Å²) in [5.41, 5.74) is 5.59. The third-order valence-corrected chi connectivity index (χ3v) is 6.30. The van der Waals surface area contributed by atoms with Gasteiger partial charge in [-0.25, -0.2) is 0 Å². The Kier molecular flexibility index (Phi) is 4.90. The Morgan fingerprint density at radius 1 is 1.23 bits per heavy atom. The van der Waals surface area contributed by atoms with Crippen LogP contribution >= 0.6 is 11.8 Å². The lowest BCUT2D eigenvalue weighted by molar-refractivity contribution is 0.798. The molecule has 0 saturated carbocycles. The van der Waals surface area contributed by atoms with Gasteiger partial charge in [0.05, 0.1) is 10.9 Å². The minimum absolute atomic E-state index is 0.194. The van der Waals surface area contributed by atoms with E-state index in [1.807, 2.05) is 17.8 Å². The molecule has 26 heavy (non-hydrogen) atoms. The molecule has 1 aromatic heterocycles. The van der Waals surface area contributed by atoms with Crippen molar-refractivity contribution in [3.8, 4) is 0 Å². The number of H-pyrrole nitrogens is 1. The zero-order valence-corrected chi connectivity index (χ0v) is 16.3. The molecule has 0 amide bonds. The number of nitrogens with one attached hydrogen (secondary N) is 1. The van der Waals surface area contributed by atoms with Crippen LogP contribution in [0.25, 0.3) is 27.2 Å². The van der Waals surface area contributed by atoms with E-state index < -0.39 is 0 Å². The molecule has 4 rings (SSSR count). The number of aromatic nitrogens is 1. The van der Waals surface area contributed by atoms with Crippen LogP contribution in [0.3, 0.4) is 0 Å². The summed E-state index contributed by atoms with van der Waals surface area (Å²) < 4.78 is 0. The van der Waals surface area contributed by atoms with Crippen LogP contribution in [-0.2, 0) is 6.42 Å². The third-order valence-electron chi connectivity index (χ3n) is 5.33. The van der Waals surface area contributed by atoms with E-state index in [-0.39, 0.29) is 5.43 Å². The molecule has 1 aliphatic heterocycles. The highest BCUT2D eigenvalue weighted by molar-refractivity contribution is 8.02. The fraction of sp³-hybridized carbons (Fsp3) is 0.348. The molecule has 0 aliphatic carbocycles. The van der Waals surface area contributed by atoms with Crippen LogP contribution in [0.15, 0.2) is 40.5 Å². The first-order valence-corrected chi connectivity index (χ1v) is 10.6. The van der Waals surface area contributed by atoms with Crippen molar-refractivity contribution in [2.24, 2.45) is 0 Å². The molecule has 1 aliphatic rings. The molecular formula is C23H25NOS. The van der Waals surface area contributed by atoms with Crippen molar-refractivity contribution >= 4 is 39.0 Å². The maximum atomic E-state index is 13.6. The Labute approximate surface area is 158 Å². The molecule has 3 heteroatoms. The molecule has 2 aromatic carbocycles. The zero-order chi connectivity index (χ0) is 18.1. The lowest BCUT2D eigenvalue weighted by atomic mass is 9.93. The Bertz CT molecular complexity index is 1060. The summed E-state index contributed by atoms with van der Waals surface area (Å²) in [5.74, 6) is 1.15. The van der Waals surface area contributed by atoms with Gasteiger partial charge in [0.25, 0.3) is 0 Å². The molecule has 0 fully saturated rings. The minimum atomic E-state index is 0.194. The smallest absolute Gasteiger partial charge is 0.197 e. The Morgan fingerprint density at radius 3 is 2.85 bits per heavy atom. The van der Waals surface area contributed by atoms with Crippen LogP contribution in [0.2, 0.25) is 0 Å². The van der Waals surface area contributed by atoms with Gasteiger partial charge in [-0.3, -0.25) is 4.79 Å². The predicted octanol–water partition coefficient (Wildman–Crippen LogP) is 6.20. The van der Waals surface area contributed by atoms with E-state index in [0.29, 0.717) is 0 Å². The molecule has 1 N–H and O–H groups in total. The summed E-state index contributed by atoms with van der Waals surface area (Å²) in [6.45, 7) is 4.26. The summed E-state index contributed by atoms with van der Waals surface area (Å²) >= 11 is 1.82. The molecule has 0 radical (unpaired) electrons. The number of hydrogen-bond acceptors (Lipinski definition) is 2. The normalized spacial score (nSPS) is 14.8. The Hall–Kier alpha value is -2.00. The van der Waals surface area contributed by atoms with Gasteiger partial charge < -0.3 is 4.98 Å². The highest BCUT2D eigenvalue weighted by atomic mass is 32.2. The number of allylic oxidation sites excluding steroid dienone is 1. The average Bonchev–Trinajstić information content (AvgIpc) is 2.66. The van der Waals surface area contributed by atoms with Gasteiger partial charge in [-0.2, -0.15) is 0 Å². The number of rotatable bonds is 4. The molecule has 2 heterocycles. The number of pyridine rings is 1. The van der Waals surface area contributed by atoms with Crippen molar-refractivity contribution in [2.45, 2.75) is 46.0 Å². The van der Waals surface area contributed by atoms with Gasteiger partial charge >= 0.3 is 0 Å². The predicted molar refractivity (Wildman–Crippen MR) is 115 cm³/mol. The van der Waals surface area contributed by atoms with Crippen molar-refractivity contribution in [1.82, 2.24) is 4.98 Å². The van der Waals surface area contributed by atoms with Gasteiger partial charge in [-0.05, 0) is 71.7 Å². The molecule has 0 atom stereocenters. The number of unbranched alkanes of at least 4 members (excludes halogenated alkanes) is 1. The van der Waals surface area contributed by atoms with E-state index in [9.17, 15) is 4.79 Å². The van der Waals surface area contributed by atoms with Gasteiger partial charge in [0.1, 0.15) is 0 Å². The second-order valence-electron chi connectivity index (χ2n) is 7.18. The van der Waals surface area contributed by atoms with Crippen molar-refractivity contribution in [3.63, 3.8) is 0 Å². The van der Waals surface area contributed by atoms with Crippen molar-refractivity contribution in [2.75, 3.05) is 5.75 Å². The van der Waals surface area contributed by atoms with Crippen LogP contribution in [0.5, 0.6) is 0 Å². The maximum Gasteiger partial charge on any atom is 0.197 e. The van der Waals surface area contributed by atoms with E-state index in [4.69, 9.17) is 0 Å². The number of benzene rings is 2. The van der Waals surface area contributed by atoms with Crippen molar-refractivity contribution < 1.29 is 0 Å². The monoisotopic (exact) mass is 363 g/mol. The quantitative estimate of drug-likeness (QED) is 0.560. The topological polar surface area (TPSA) is 32.9 Å². The second-order valence-corrected chi connectivity index (χ2v) is 8.16. The molecule has 134 valence electrons. The first kappa shape index (κ1) is 17.4. The summed E-state index contributed by atoms with van der Waals surface area (Å²) in [6.07, 6.45) is 5.43. The lowest BCUT2D eigenvalue weighted by Gasteiger charge is -2.17. The fourth-order valence-electron chi connectivity index (χ4n) is 4.03. The number of hydrogen-bond donors (Lipinski definition) is 1. The number of aryl methyl sites for hydroxylation is 2. The maximum absolute atomic E-state index is 13.6. The minimum Gasteiger partial charge on any atom is -0.358 e. The highest BCUT2D eigenvalue weighted by Gasteiger charge is 2.18. The number of fused-ring (bicyclic) bond motifs is 3. The van der Waals surface area contributed by atoms with Gasteiger partial charge in [-0.1, -0.05) is 37.6 Å². The number of thioether (sulfide) groups is 1. The van der Waals surface area contributed by atoms with Gasteiger partial charge in [-0.15, -0.1) is 11.8 Å². The van der Waals surface area contributed by atoms with E-state index in [2.05, 4.69) is 48.5 Å². The summed E-state index contributed by atoms with van der Waals surface area (Å²) in [5, 5.41) is 5.29. The van der Waals surface area contributed by atoms with Crippen LogP contribution in [0.4, 0.5) is 0 Å². The van der Waals surface area contributed by atoms with E-state index in [1.165, 1.54) is 16.5 Å². The molecule has 0 unspecified atom stereocenters. The fourth-order valence-corrected chi connectivity index (χ4v) is 4.89. The van der Waals surface area contributed by atoms with Gasteiger partial charge in [0.15, 0.2) is 5.43 Å². The van der Waals surface area contributed by atoms with Crippen LogP contribution in [-0.4, -0.2) is 10.7 Å². The lowest BCUT2D eigenvalue weighted by Crippen LogP contribution is -2.15. The molecule has 0 saturated heterocycles. The zero-order valence-electron chi connectivity index (χ0n) is 15.5. The third kappa shape index (κ3) is 2.99. The van der Waals surface area contributed by atoms with Crippen LogP contribution in [0.1, 0.15) is 49.4 Å². The average molecular weight is 364 g/mol. The van der Waals surface area contributed by atoms with Crippen LogP contribution < -0.4 is 5.43 Å². The summed E-state index contributed by atoms with van der Waals surface area (Å²) in [6, 6.07) is 10.6. The highest BCUT2D eigenvalue weighted by Crippen LogP contribution is 2.32. The van der Waals surface area contributed by atoms with Crippen molar-refractivity contribution in [3.05, 3.63) is 62.8 Å². The van der Waals surface area contributed by atoms with E-state index in [0.717, 1.165) is 65.4 Å². The Balaban J connectivity index is 2.08. The molecule has 0 bridgehead atoms. The number of aromatic amines is 1. The second kappa shape index (κ2) is 7.32. The van der Waals surface area contributed by atoms with Gasteiger partial charge in [0, 0.05) is 11.3 Å². The van der Waals surface area contributed by atoms with Crippen LogP contribution in [0, 0.1) is 6.92 Å². The molecular weight excluding hydrogens is 338 g/mol. The largest absolute Gasteiger partial charge is 0.358 e. The Morgan fingerprint density at radius 2 is 2.08 bits per heavy atom. The summed E-state index contributed by atoms with van der Waals surface area (Å²) in [4.78, 5) is 17.2. The van der Waals surface area contributed by atoms with E-state index in [1.54, 1.807) is 0 Å². The van der Waals surface area contributed by atoms with Gasteiger partial charge in [0.2, 0.25) is 0 Å².